The zero-order chi connectivity index (χ0) is 21.8. The maximum atomic E-state index is 14.9. The second-order valence-electron chi connectivity index (χ2n) is 7.00. The summed E-state index contributed by atoms with van der Waals surface area (Å²) in [6.07, 6.45) is -0.226. The van der Waals surface area contributed by atoms with Gasteiger partial charge >= 0.3 is 5.97 Å². The van der Waals surface area contributed by atoms with E-state index < -0.39 is 23.6 Å². The number of para-hydroxylation sites is 1. The molecule has 3 rings (SSSR count). The summed E-state index contributed by atoms with van der Waals surface area (Å²) >= 11 is 0. The van der Waals surface area contributed by atoms with Crippen LogP contribution in [-0.4, -0.2) is 11.1 Å². The molecule has 3 aromatic rings. The molecule has 0 aliphatic heterocycles. The topological polar surface area (TPSA) is 98.6 Å². The largest absolute Gasteiger partial charge is 0.488 e. The number of aliphatic carboxylic acids is 1. The summed E-state index contributed by atoms with van der Waals surface area (Å²) < 4.78 is 35.2. The van der Waals surface area contributed by atoms with Crippen molar-refractivity contribution >= 4 is 11.7 Å². The number of halogens is 2. The van der Waals surface area contributed by atoms with Crippen LogP contribution in [-0.2, 0) is 17.8 Å². The number of rotatable bonds is 7. The molecular weight excluding hydrogens is 390 g/mol. The van der Waals surface area contributed by atoms with Crippen molar-refractivity contribution in [3.05, 3.63) is 82.9 Å². The molecule has 1 unspecified atom stereocenters. The summed E-state index contributed by atoms with van der Waals surface area (Å²) in [5, 5.41) is 9.03. The first-order valence-electron chi connectivity index (χ1n) is 9.32. The Hall–Kier alpha value is -3.45. The first kappa shape index (κ1) is 21.3. The minimum Gasteiger partial charge on any atom is -0.488 e. The molecule has 0 saturated heterocycles. The molecule has 0 aliphatic carbocycles. The normalized spacial score (nSPS) is 11.9. The molecule has 0 saturated carbocycles. The number of carboxylic acids is 1. The van der Waals surface area contributed by atoms with Crippen LogP contribution in [0, 0.1) is 11.6 Å². The number of hydrogen-bond acceptors (Lipinski definition) is 4. The van der Waals surface area contributed by atoms with Crippen molar-refractivity contribution in [2.24, 2.45) is 5.73 Å². The van der Waals surface area contributed by atoms with E-state index in [1.807, 2.05) is 0 Å². The molecule has 5 N–H and O–H groups in total. The van der Waals surface area contributed by atoms with Gasteiger partial charge in [0.15, 0.2) is 5.82 Å². The molecule has 1 atom stereocenters. The summed E-state index contributed by atoms with van der Waals surface area (Å²) in [5.41, 5.74) is 13.1. The summed E-state index contributed by atoms with van der Waals surface area (Å²) in [7, 11) is 0. The third-order valence-corrected chi connectivity index (χ3v) is 4.70. The molecular formula is C23H22F2N2O3. The Morgan fingerprint density at radius 3 is 2.50 bits per heavy atom. The highest BCUT2D eigenvalue weighted by molar-refractivity contribution is 5.71. The lowest BCUT2D eigenvalue weighted by Crippen LogP contribution is -2.08. The average molecular weight is 412 g/mol. The van der Waals surface area contributed by atoms with Gasteiger partial charge in [-0.3, -0.25) is 4.79 Å². The van der Waals surface area contributed by atoms with E-state index >= 15 is 0 Å². The molecule has 0 aliphatic rings. The van der Waals surface area contributed by atoms with Crippen molar-refractivity contribution < 1.29 is 23.4 Å². The molecule has 30 heavy (non-hydrogen) atoms. The molecule has 7 heteroatoms. The molecule has 3 aromatic carbocycles. The standard InChI is InChI=1S/C23H22F2N2O3/c1-13(26)17-6-4-7-18(23(17)25)15-9-16(22(24)19(27)10-15)12-30-20-8-3-2-5-14(20)11-21(28)29/h2-10,13H,11-12,26-27H2,1H3,(H,28,29). The predicted molar refractivity (Wildman–Crippen MR) is 111 cm³/mol. The van der Waals surface area contributed by atoms with Crippen LogP contribution >= 0.6 is 0 Å². The van der Waals surface area contributed by atoms with E-state index in [1.54, 1.807) is 49.4 Å². The van der Waals surface area contributed by atoms with E-state index in [2.05, 4.69) is 0 Å². The summed E-state index contributed by atoms with van der Waals surface area (Å²) in [5.74, 6) is -1.84. The smallest absolute Gasteiger partial charge is 0.307 e. The number of carbonyl (C=O) groups is 1. The van der Waals surface area contributed by atoms with Crippen LogP contribution < -0.4 is 16.2 Å². The van der Waals surface area contributed by atoms with Gasteiger partial charge in [-0.1, -0.05) is 36.4 Å². The summed E-state index contributed by atoms with van der Waals surface area (Å²) in [6, 6.07) is 13.8. The number of nitrogens with two attached hydrogens (primary N) is 2. The van der Waals surface area contributed by atoms with Crippen LogP contribution in [0.5, 0.6) is 5.75 Å². The van der Waals surface area contributed by atoms with Gasteiger partial charge in [-0.2, -0.15) is 0 Å². The maximum absolute atomic E-state index is 14.9. The number of benzene rings is 3. The van der Waals surface area contributed by atoms with E-state index in [1.165, 1.54) is 12.1 Å². The molecule has 0 fully saturated rings. The van der Waals surface area contributed by atoms with E-state index in [9.17, 15) is 13.6 Å². The van der Waals surface area contributed by atoms with Gasteiger partial charge in [-0.25, -0.2) is 8.78 Å². The number of carboxylic acid groups (broad SMARTS) is 1. The lowest BCUT2D eigenvalue weighted by molar-refractivity contribution is -0.136. The Morgan fingerprint density at radius 1 is 1.07 bits per heavy atom. The molecule has 0 spiro atoms. The first-order valence-corrected chi connectivity index (χ1v) is 9.32. The molecule has 156 valence electrons. The number of ether oxygens (including phenoxy) is 1. The monoisotopic (exact) mass is 412 g/mol. The van der Waals surface area contributed by atoms with Gasteiger partial charge < -0.3 is 21.3 Å². The molecule has 5 nitrogen and oxygen atoms in total. The quantitative estimate of drug-likeness (QED) is 0.499. The van der Waals surface area contributed by atoms with Gasteiger partial charge in [0, 0.05) is 28.3 Å². The van der Waals surface area contributed by atoms with Crippen molar-refractivity contribution in [2.45, 2.75) is 26.0 Å². The molecule has 0 heterocycles. The minimum absolute atomic E-state index is 0.126. The van der Waals surface area contributed by atoms with Gasteiger partial charge in [0.1, 0.15) is 18.2 Å². The lowest BCUT2D eigenvalue weighted by Gasteiger charge is -2.15. The SMILES string of the molecule is CC(N)c1cccc(-c2cc(N)c(F)c(COc3ccccc3CC(=O)O)c2)c1F. The fraction of sp³-hybridized carbons (Fsp3) is 0.174. The Labute approximate surface area is 172 Å². The zero-order valence-electron chi connectivity index (χ0n) is 16.4. The predicted octanol–water partition coefficient (Wildman–Crippen LogP) is 4.44. The van der Waals surface area contributed by atoms with Crippen molar-refractivity contribution in [2.75, 3.05) is 5.73 Å². The van der Waals surface area contributed by atoms with Crippen molar-refractivity contribution in [1.82, 2.24) is 0 Å². The number of hydrogen-bond donors (Lipinski definition) is 3. The number of nitrogen functional groups attached to an aromatic ring is 1. The van der Waals surface area contributed by atoms with Gasteiger partial charge in [-0.05, 0) is 30.7 Å². The van der Waals surface area contributed by atoms with Crippen LogP contribution in [0.3, 0.4) is 0 Å². The van der Waals surface area contributed by atoms with Crippen LogP contribution in [0.2, 0.25) is 0 Å². The van der Waals surface area contributed by atoms with E-state index in [4.69, 9.17) is 21.3 Å². The van der Waals surface area contributed by atoms with Gasteiger partial charge in [0.2, 0.25) is 0 Å². The third-order valence-electron chi connectivity index (χ3n) is 4.70. The fourth-order valence-corrected chi connectivity index (χ4v) is 3.20. The Balaban J connectivity index is 1.94. The Bertz CT molecular complexity index is 1080. The summed E-state index contributed by atoms with van der Waals surface area (Å²) in [6.45, 7) is 1.48. The van der Waals surface area contributed by atoms with Gasteiger partial charge in [0.05, 0.1) is 12.1 Å². The van der Waals surface area contributed by atoms with Crippen molar-refractivity contribution in [1.29, 1.82) is 0 Å². The summed E-state index contributed by atoms with van der Waals surface area (Å²) in [4.78, 5) is 11.0. The molecule has 0 bridgehead atoms. The zero-order valence-corrected chi connectivity index (χ0v) is 16.4. The first-order chi connectivity index (χ1) is 14.3. The van der Waals surface area contributed by atoms with Crippen LogP contribution in [0.15, 0.2) is 54.6 Å². The second kappa shape index (κ2) is 8.92. The molecule has 0 radical (unpaired) electrons. The highest BCUT2D eigenvalue weighted by atomic mass is 19.1. The highest BCUT2D eigenvalue weighted by Gasteiger charge is 2.17. The Kier molecular flexibility index (Phi) is 6.32. The van der Waals surface area contributed by atoms with Gasteiger partial charge in [0.25, 0.3) is 0 Å². The molecule has 0 amide bonds. The average Bonchev–Trinajstić information content (AvgIpc) is 2.69. The van der Waals surface area contributed by atoms with Crippen LogP contribution in [0.4, 0.5) is 14.5 Å². The second-order valence-corrected chi connectivity index (χ2v) is 7.00. The van der Waals surface area contributed by atoms with Crippen LogP contribution in [0.25, 0.3) is 11.1 Å². The Morgan fingerprint density at radius 2 is 1.80 bits per heavy atom. The fourth-order valence-electron chi connectivity index (χ4n) is 3.20. The van der Waals surface area contributed by atoms with E-state index in [0.717, 1.165) is 0 Å². The van der Waals surface area contributed by atoms with E-state index in [0.29, 0.717) is 22.4 Å². The van der Waals surface area contributed by atoms with Gasteiger partial charge in [-0.15, -0.1) is 0 Å². The van der Waals surface area contributed by atoms with E-state index in [-0.39, 0.29) is 29.8 Å². The van der Waals surface area contributed by atoms with Crippen LogP contribution in [0.1, 0.15) is 29.7 Å². The highest BCUT2D eigenvalue weighted by Crippen LogP contribution is 2.32. The maximum Gasteiger partial charge on any atom is 0.307 e. The lowest BCUT2D eigenvalue weighted by atomic mass is 9.97. The third kappa shape index (κ3) is 4.58. The number of anilines is 1. The molecule has 0 aromatic heterocycles. The minimum atomic E-state index is -1.01. The van der Waals surface area contributed by atoms with Crippen molar-refractivity contribution in [3.63, 3.8) is 0 Å². The van der Waals surface area contributed by atoms with Crippen molar-refractivity contribution in [3.8, 4) is 16.9 Å².